The van der Waals surface area contributed by atoms with Crippen LogP contribution in [0.4, 0.5) is 4.39 Å². The first kappa shape index (κ1) is 18.5. The van der Waals surface area contributed by atoms with Gasteiger partial charge >= 0.3 is 0 Å². The van der Waals surface area contributed by atoms with Crippen LogP contribution in [-0.2, 0) is 0 Å². The van der Waals surface area contributed by atoms with Crippen molar-refractivity contribution in [2.75, 3.05) is 0 Å². The summed E-state index contributed by atoms with van der Waals surface area (Å²) in [6, 6.07) is 14.4. The third-order valence-corrected chi connectivity index (χ3v) is 4.31. The van der Waals surface area contributed by atoms with Gasteiger partial charge in [0.05, 0.1) is 0 Å². The van der Waals surface area contributed by atoms with E-state index in [1.54, 1.807) is 19.1 Å². The second kappa shape index (κ2) is 7.67. The van der Waals surface area contributed by atoms with Gasteiger partial charge in [-0.2, -0.15) is 4.98 Å². The number of carbonyl (C=O) groups excluding carboxylic acids is 1. The number of rotatable bonds is 5. The lowest BCUT2D eigenvalue weighted by Crippen LogP contribution is -2.26. The van der Waals surface area contributed by atoms with Crippen LogP contribution in [0, 0.1) is 12.7 Å². The van der Waals surface area contributed by atoms with Crippen molar-refractivity contribution in [3.05, 3.63) is 77.6 Å². The second-order valence-corrected chi connectivity index (χ2v) is 6.60. The van der Waals surface area contributed by atoms with Crippen LogP contribution in [0.15, 0.2) is 63.6 Å². The predicted molar refractivity (Wildman–Crippen MR) is 102 cm³/mol. The standard InChI is InChI=1S/C21H17FN4O3/c1-12-4-3-5-15(10-12)19-24-21(29-26-19)13(2)23-20(27)18-11-17(25-28-18)14-6-8-16(22)9-7-14/h3-11,13H,1-2H3,(H,23,27)/t13-/m1/s1. The van der Waals surface area contributed by atoms with Gasteiger partial charge in [-0.1, -0.05) is 34.1 Å². The highest BCUT2D eigenvalue weighted by molar-refractivity contribution is 5.92. The number of hydrogen-bond donors (Lipinski definition) is 1. The Morgan fingerprint density at radius 2 is 1.83 bits per heavy atom. The van der Waals surface area contributed by atoms with Crippen LogP contribution < -0.4 is 5.32 Å². The maximum Gasteiger partial charge on any atom is 0.290 e. The van der Waals surface area contributed by atoms with Crippen LogP contribution in [0.25, 0.3) is 22.6 Å². The maximum atomic E-state index is 13.0. The summed E-state index contributed by atoms with van der Waals surface area (Å²) in [6.07, 6.45) is 0. The molecule has 0 bridgehead atoms. The minimum absolute atomic E-state index is 0.0228. The summed E-state index contributed by atoms with van der Waals surface area (Å²) in [4.78, 5) is 16.8. The Balaban J connectivity index is 1.45. The average molecular weight is 392 g/mol. The molecule has 1 amide bonds. The summed E-state index contributed by atoms with van der Waals surface area (Å²) in [5.74, 6) is -0.0897. The summed E-state index contributed by atoms with van der Waals surface area (Å²) in [5.41, 5.74) is 2.99. The van der Waals surface area contributed by atoms with Crippen LogP contribution in [-0.4, -0.2) is 21.2 Å². The fraction of sp³-hybridized carbons (Fsp3) is 0.143. The molecule has 0 unspecified atom stereocenters. The molecule has 0 fully saturated rings. The van der Waals surface area contributed by atoms with Crippen LogP contribution in [0.2, 0.25) is 0 Å². The van der Waals surface area contributed by atoms with Gasteiger partial charge in [-0.05, 0) is 44.2 Å². The van der Waals surface area contributed by atoms with Gasteiger partial charge in [0.25, 0.3) is 5.91 Å². The minimum Gasteiger partial charge on any atom is -0.350 e. The van der Waals surface area contributed by atoms with Gasteiger partial charge in [0.2, 0.25) is 17.5 Å². The van der Waals surface area contributed by atoms with Gasteiger partial charge in [-0.3, -0.25) is 4.79 Å². The van der Waals surface area contributed by atoms with Gasteiger partial charge in [0, 0.05) is 17.2 Å². The van der Waals surface area contributed by atoms with E-state index in [1.165, 1.54) is 18.2 Å². The highest BCUT2D eigenvalue weighted by atomic mass is 19.1. The minimum atomic E-state index is -0.534. The van der Waals surface area contributed by atoms with Crippen molar-refractivity contribution in [3.8, 4) is 22.6 Å². The summed E-state index contributed by atoms with van der Waals surface area (Å²) >= 11 is 0. The van der Waals surface area contributed by atoms with E-state index in [9.17, 15) is 9.18 Å². The fourth-order valence-electron chi connectivity index (χ4n) is 2.78. The largest absolute Gasteiger partial charge is 0.350 e. The number of aryl methyl sites for hydroxylation is 1. The van der Waals surface area contributed by atoms with Gasteiger partial charge in [0.1, 0.15) is 17.6 Å². The molecule has 0 aliphatic heterocycles. The lowest BCUT2D eigenvalue weighted by atomic mass is 10.1. The van der Waals surface area contributed by atoms with Crippen molar-refractivity contribution in [2.45, 2.75) is 19.9 Å². The Bertz CT molecular complexity index is 1150. The molecule has 0 saturated heterocycles. The molecule has 0 saturated carbocycles. The molecular formula is C21H17FN4O3. The second-order valence-electron chi connectivity index (χ2n) is 6.60. The zero-order chi connectivity index (χ0) is 20.4. The first-order valence-electron chi connectivity index (χ1n) is 8.94. The lowest BCUT2D eigenvalue weighted by molar-refractivity contribution is 0.0895. The number of nitrogens with zero attached hydrogens (tertiary/aromatic N) is 3. The van der Waals surface area contributed by atoms with Gasteiger partial charge < -0.3 is 14.4 Å². The molecule has 29 heavy (non-hydrogen) atoms. The van der Waals surface area contributed by atoms with Crippen LogP contribution in [0.5, 0.6) is 0 Å². The van der Waals surface area contributed by atoms with E-state index in [1.807, 2.05) is 31.2 Å². The number of hydrogen-bond acceptors (Lipinski definition) is 6. The van der Waals surface area contributed by atoms with Crippen molar-refractivity contribution in [2.24, 2.45) is 0 Å². The average Bonchev–Trinajstić information content (AvgIpc) is 3.39. The SMILES string of the molecule is Cc1cccc(-c2noc([C@@H](C)NC(=O)c3cc(-c4ccc(F)cc4)no3)n2)c1. The number of nitrogens with one attached hydrogen (secondary N) is 1. The first-order chi connectivity index (χ1) is 14.0. The molecule has 2 aromatic heterocycles. The number of carbonyl (C=O) groups is 1. The topological polar surface area (TPSA) is 94.1 Å². The first-order valence-corrected chi connectivity index (χ1v) is 8.94. The molecule has 1 atom stereocenters. The molecular weight excluding hydrogens is 375 g/mol. The van der Waals surface area contributed by atoms with E-state index in [-0.39, 0.29) is 17.5 Å². The Kier molecular flexibility index (Phi) is 4.90. The van der Waals surface area contributed by atoms with Gasteiger partial charge in [0.15, 0.2) is 0 Å². The monoisotopic (exact) mass is 392 g/mol. The van der Waals surface area contributed by atoms with E-state index in [0.29, 0.717) is 17.1 Å². The summed E-state index contributed by atoms with van der Waals surface area (Å²) < 4.78 is 23.4. The highest BCUT2D eigenvalue weighted by Crippen LogP contribution is 2.22. The smallest absolute Gasteiger partial charge is 0.290 e. The molecule has 7 nitrogen and oxygen atoms in total. The molecule has 4 rings (SSSR count). The van der Waals surface area contributed by atoms with E-state index in [2.05, 4.69) is 20.6 Å². The number of halogens is 1. The van der Waals surface area contributed by atoms with Gasteiger partial charge in [-0.25, -0.2) is 4.39 Å². The fourth-order valence-corrected chi connectivity index (χ4v) is 2.78. The molecule has 0 aliphatic carbocycles. The number of aromatic nitrogens is 3. The van der Waals surface area contributed by atoms with Crippen molar-refractivity contribution in [3.63, 3.8) is 0 Å². The van der Waals surface area contributed by atoms with Crippen molar-refractivity contribution >= 4 is 5.91 Å². The molecule has 0 spiro atoms. The third kappa shape index (κ3) is 4.06. The van der Waals surface area contributed by atoms with Crippen LogP contribution in [0.1, 0.15) is 35.0 Å². The quantitative estimate of drug-likeness (QED) is 0.543. The molecule has 2 aromatic carbocycles. The molecule has 8 heteroatoms. The lowest BCUT2D eigenvalue weighted by Gasteiger charge is -2.07. The number of benzene rings is 2. The molecule has 146 valence electrons. The zero-order valence-electron chi connectivity index (χ0n) is 15.7. The predicted octanol–water partition coefficient (Wildman–Crippen LogP) is 4.33. The van der Waals surface area contributed by atoms with E-state index < -0.39 is 11.9 Å². The molecule has 0 aliphatic rings. The Morgan fingerprint density at radius 3 is 2.59 bits per heavy atom. The molecule has 2 heterocycles. The van der Waals surface area contributed by atoms with Crippen molar-refractivity contribution < 1.29 is 18.2 Å². The van der Waals surface area contributed by atoms with E-state index >= 15 is 0 Å². The third-order valence-electron chi connectivity index (χ3n) is 4.31. The normalized spacial score (nSPS) is 12.0. The van der Waals surface area contributed by atoms with Crippen molar-refractivity contribution in [1.82, 2.24) is 20.6 Å². The highest BCUT2D eigenvalue weighted by Gasteiger charge is 2.21. The van der Waals surface area contributed by atoms with Gasteiger partial charge in [-0.15, -0.1) is 0 Å². The molecule has 4 aromatic rings. The summed E-state index contributed by atoms with van der Waals surface area (Å²) in [5, 5.41) is 10.6. The van der Waals surface area contributed by atoms with E-state index in [4.69, 9.17) is 9.05 Å². The summed E-state index contributed by atoms with van der Waals surface area (Å²) in [6.45, 7) is 3.70. The Hall–Kier alpha value is -3.81. The number of amides is 1. The Labute approximate surface area is 165 Å². The molecule has 0 radical (unpaired) electrons. The maximum absolute atomic E-state index is 13.0. The Morgan fingerprint density at radius 1 is 1.03 bits per heavy atom. The van der Waals surface area contributed by atoms with Crippen molar-refractivity contribution in [1.29, 1.82) is 0 Å². The van der Waals surface area contributed by atoms with E-state index in [0.717, 1.165) is 11.1 Å². The molecule has 1 N–H and O–H groups in total. The van der Waals surface area contributed by atoms with Crippen LogP contribution >= 0.6 is 0 Å². The zero-order valence-corrected chi connectivity index (χ0v) is 15.7. The summed E-state index contributed by atoms with van der Waals surface area (Å²) in [7, 11) is 0. The van der Waals surface area contributed by atoms with Crippen LogP contribution in [0.3, 0.4) is 0 Å².